The number of halogens is 3. The number of hydrogen-bond donors (Lipinski definition) is 1. The second-order valence-corrected chi connectivity index (χ2v) is 3.40. The first-order valence-electron chi connectivity index (χ1n) is 3.36. The molecule has 0 unspecified atom stereocenters. The Morgan fingerprint density at radius 3 is 2.85 bits per heavy atom. The van der Waals surface area contributed by atoms with Gasteiger partial charge in [-0.05, 0) is 28.1 Å². The SMILES string of the molecule is Cl.ClCc1nc2nc(Br)ccc2[nH]1. The first kappa shape index (κ1) is 10.8. The smallest absolute Gasteiger partial charge is 0.178 e. The lowest BCUT2D eigenvalue weighted by molar-refractivity contribution is 1.12. The Kier molecular flexibility index (Phi) is 3.53. The van der Waals surface area contributed by atoms with Crippen molar-refractivity contribution in [2.24, 2.45) is 0 Å². The minimum Gasteiger partial charge on any atom is -0.340 e. The lowest BCUT2D eigenvalue weighted by Gasteiger charge is -1.86. The first-order valence-corrected chi connectivity index (χ1v) is 4.69. The predicted octanol–water partition coefficient (Wildman–Crippen LogP) is 2.88. The molecule has 2 aromatic rings. The topological polar surface area (TPSA) is 41.6 Å². The highest BCUT2D eigenvalue weighted by atomic mass is 79.9. The monoisotopic (exact) mass is 281 g/mol. The van der Waals surface area contributed by atoms with Crippen LogP contribution in [0.2, 0.25) is 0 Å². The van der Waals surface area contributed by atoms with Gasteiger partial charge in [0.2, 0.25) is 0 Å². The number of aromatic amines is 1. The van der Waals surface area contributed by atoms with Crippen LogP contribution in [-0.4, -0.2) is 15.0 Å². The van der Waals surface area contributed by atoms with Crippen LogP contribution in [0.3, 0.4) is 0 Å². The zero-order valence-corrected chi connectivity index (χ0v) is 9.58. The number of alkyl halides is 1. The van der Waals surface area contributed by atoms with E-state index < -0.39 is 0 Å². The van der Waals surface area contributed by atoms with Crippen LogP contribution in [0, 0.1) is 0 Å². The molecule has 0 atom stereocenters. The van der Waals surface area contributed by atoms with Crippen molar-refractivity contribution >= 4 is 51.1 Å². The van der Waals surface area contributed by atoms with Gasteiger partial charge in [0, 0.05) is 0 Å². The van der Waals surface area contributed by atoms with Crippen LogP contribution in [0.5, 0.6) is 0 Å². The van der Waals surface area contributed by atoms with Crippen LogP contribution < -0.4 is 0 Å². The van der Waals surface area contributed by atoms with E-state index in [-0.39, 0.29) is 12.4 Å². The van der Waals surface area contributed by atoms with Crippen molar-refractivity contribution in [1.82, 2.24) is 15.0 Å². The number of fused-ring (bicyclic) bond motifs is 1. The Morgan fingerprint density at radius 2 is 2.15 bits per heavy atom. The molecule has 0 spiro atoms. The third-order valence-corrected chi connectivity index (χ3v) is 2.18. The maximum Gasteiger partial charge on any atom is 0.178 e. The molecular formula is C7H6BrCl2N3. The fourth-order valence-corrected chi connectivity index (χ4v) is 1.41. The molecule has 0 aliphatic heterocycles. The molecule has 0 radical (unpaired) electrons. The molecule has 0 saturated heterocycles. The molecule has 0 aliphatic rings. The molecule has 0 fully saturated rings. The number of pyridine rings is 1. The van der Waals surface area contributed by atoms with Crippen molar-refractivity contribution in [2.45, 2.75) is 5.88 Å². The summed E-state index contributed by atoms with van der Waals surface area (Å²) in [5.74, 6) is 1.13. The van der Waals surface area contributed by atoms with Crippen molar-refractivity contribution in [1.29, 1.82) is 0 Å². The van der Waals surface area contributed by atoms with E-state index in [4.69, 9.17) is 11.6 Å². The summed E-state index contributed by atoms with van der Waals surface area (Å²) >= 11 is 8.87. The highest BCUT2D eigenvalue weighted by molar-refractivity contribution is 9.10. The predicted molar refractivity (Wildman–Crippen MR) is 58.4 cm³/mol. The molecule has 2 aromatic heterocycles. The molecule has 0 aromatic carbocycles. The molecule has 13 heavy (non-hydrogen) atoms. The third-order valence-electron chi connectivity index (χ3n) is 1.49. The summed E-state index contributed by atoms with van der Waals surface area (Å²) < 4.78 is 0.780. The maximum absolute atomic E-state index is 5.60. The van der Waals surface area contributed by atoms with Crippen molar-refractivity contribution in [3.8, 4) is 0 Å². The van der Waals surface area contributed by atoms with E-state index in [1.54, 1.807) is 0 Å². The zero-order valence-electron chi connectivity index (χ0n) is 6.42. The van der Waals surface area contributed by atoms with Crippen molar-refractivity contribution in [3.63, 3.8) is 0 Å². The molecule has 2 rings (SSSR count). The molecular weight excluding hydrogens is 277 g/mol. The number of hydrogen-bond acceptors (Lipinski definition) is 2. The standard InChI is InChI=1S/C7H5BrClN3.ClH/c8-5-2-1-4-7(11-5)12-6(3-9)10-4;/h1-2H,3H2,(H,10,11,12);1H. The van der Waals surface area contributed by atoms with Crippen LogP contribution >= 0.6 is 39.9 Å². The summed E-state index contributed by atoms with van der Waals surface area (Å²) in [7, 11) is 0. The Hall–Kier alpha value is -0.320. The van der Waals surface area contributed by atoms with Gasteiger partial charge in [0.1, 0.15) is 10.4 Å². The van der Waals surface area contributed by atoms with Crippen LogP contribution in [0.1, 0.15) is 5.82 Å². The Balaban J connectivity index is 0.000000845. The minimum atomic E-state index is 0. The van der Waals surface area contributed by atoms with Gasteiger partial charge in [0.15, 0.2) is 5.65 Å². The van der Waals surface area contributed by atoms with Gasteiger partial charge in [-0.25, -0.2) is 9.97 Å². The largest absolute Gasteiger partial charge is 0.340 e. The molecule has 1 N–H and O–H groups in total. The first-order chi connectivity index (χ1) is 5.79. The van der Waals surface area contributed by atoms with Crippen molar-refractivity contribution < 1.29 is 0 Å². The van der Waals surface area contributed by atoms with Gasteiger partial charge >= 0.3 is 0 Å². The second-order valence-electron chi connectivity index (χ2n) is 2.32. The second kappa shape index (κ2) is 4.26. The van der Waals surface area contributed by atoms with Gasteiger partial charge in [-0.2, -0.15) is 0 Å². The van der Waals surface area contributed by atoms with E-state index in [0.29, 0.717) is 11.5 Å². The third kappa shape index (κ3) is 2.13. The highest BCUT2D eigenvalue weighted by Gasteiger charge is 2.02. The van der Waals surface area contributed by atoms with Crippen LogP contribution in [0.15, 0.2) is 16.7 Å². The van der Waals surface area contributed by atoms with E-state index in [2.05, 4.69) is 30.9 Å². The van der Waals surface area contributed by atoms with E-state index in [9.17, 15) is 0 Å². The van der Waals surface area contributed by atoms with E-state index in [1.165, 1.54) is 0 Å². The minimum absolute atomic E-state index is 0. The van der Waals surface area contributed by atoms with E-state index in [1.807, 2.05) is 12.1 Å². The van der Waals surface area contributed by atoms with Gasteiger partial charge in [0.25, 0.3) is 0 Å². The van der Waals surface area contributed by atoms with Crippen molar-refractivity contribution in [3.05, 3.63) is 22.6 Å². The molecule has 70 valence electrons. The molecule has 3 nitrogen and oxygen atoms in total. The number of nitrogens with one attached hydrogen (secondary N) is 1. The number of nitrogens with zero attached hydrogens (tertiary/aromatic N) is 2. The summed E-state index contributed by atoms with van der Waals surface area (Å²) in [4.78, 5) is 11.4. The van der Waals surface area contributed by atoms with Crippen LogP contribution in [-0.2, 0) is 5.88 Å². The average molecular weight is 283 g/mol. The fourth-order valence-electron chi connectivity index (χ4n) is 0.983. The molecule has 0 amide bonds. The van der Waals surface area contributed by atoms with Crippen molar-refractivity contribution in [2.75, 3.05) is 0 Å². The maximum atomic E-state index is 5.60. The normalized spacial score (nSPS) is 10.0. The van der Waals surface area contributed by atoms with Gasteiger partial charge in [0.05, 0.1) is 11.4 Å². The summed E-state index contributed by atoms with van der Waals surface area (Å²) in [6.45, 7) is 0. The summed E-state index contributed by atoms with van der Waals surface area (Å²) in [5.41, 5.74) is 1.61. The molecule has 2 heterocycles. The Bertz CT molecular complexity index is 415. The van der Waals surface area contributed by atoms with Crippen LogP contribution in [0.25, 0.3) is 11.2 Å². The number of H-pyrrole nitrogens is 1. The lowest BCUT2D eigenvalue weighted by Crippen LogP contribution is -1.78. The Labute approximate surface area is 94.5 Å². The average Bonchev–Trinajstić information content (AvgIpc) is 2.46. The fraction of sp³-hybridized carbons (Fsp3) is 0.143. The van der Waals surface area contributed by atoms with Crippen LogP contribution in [0.4, 0.5) is 0 Å². The summed E-state index contributed by atoms with van der Waals surface area (Å²) in [6.07, 6.45) is 0. The van der Waals surface area contributed by atoms with E-state index in [0.717, 1.165) is 15.9 Å². The molecule has 0 saturated carbocycles. The molecule has 6 heteroatoms. The summed E-state index contributed by atoms with van der Waals surface area (Å²) in [5, 5.41) is 0. The number of rotatable bonds is 1. The quantitative estimate of drug-likeness (QED) is 0.645. The van der Waals surface area contributed by atoms with Gasteiger partial charge in [-0.1, -0.05) is 0 Å². The zero-order chi connectivity index (χ0) is 8.55. The lowest BCUT2D eigenvalue weighted by atomic mass is 10.4. The number of aromatic nitrogens is 3. The van der Waals surface area contributed by atoms with E-state index >= 15 is 0 Å². The Morgan fingerprint density at radius 1 is 1.38 bits per heavy atom. The number of imidazole rings is 1. The molecule has 0 aliphatic carbocycles. The van der Waals surface area contributed by atoms with Gasteiger partial charge in [-0.3, -0.25) is 0 Å². The molecule has 0 bridgehead atoms. The van der Waals surface area contributed by atoms with Gasteiger partial charge in [-0.15, -0.1) is 24.0 Å². The summed E-state index contributed by atoms with van der Waals surface area (Å²) in [6, 6.07) is 3.77. The van der Waals surface area contributed by atoms with Gasteiger partial charge < -0.3 is 4.98 Å². The highest BCUT2D eigenvalue weighted by Crippen LogP contribution is 2.13.